The molecule has 0 saturated heterocycles. The third-order valence-electron chi connectivity index (χ3n) is 2.70. The average Bonchev–Trinajstić information content (AvgIpc) is 2.39. The van der Waals surface area contributed by atoms with Crippen LogP contribution in [-0.4, -0.2) is 6.54 Å². The first kappa shape index (κ1) is 10.9. The molecule has 0 aliphatic carbocycles. The molecule has 0 aromatic heterocycles. The zero-order valence-corrected chi connectivity index (χ0v) is 9.14. The summed E-state index contributed by atoms with van der Waals surface area (Å²) in [5.41, 5.74) is 14.9. The molecule has 1 atom stereocenters. The van der Waals surface area contributed by atoms with Crippen LogP contribution in [0.15, 0.2) is 54.6 Å². The lowest BCUT2D eigenvalue weighted by molar-refractivity contribution is 0.737. The van der Waals surface area contributed by atoms with E-state index in [-0.39, 0.29) is 6.04 Å². The van der Waals surface area contributed by atoms with Gasteiger partial charge in [-0.05, 0) is 16.7 Å². The third-order valence-corrected chi connectivity index (χ3v) is 2.70. The molecule has 0 saturated carbocycles. The van der Waals surface area contributed by atoms with Crippen LogP contribution in [-0.2, 0) is 0 Å². The van der Waals surface area contributed by atoms with Crippen molar-refractivity contribution >= 4 is 0 Å². The molecule has 0 heterocycles. The van der Waals surface area contributed by atoms with Crippen LogP contribution in [0.4, 0.5) is 0 Å². The van der Waals surface area contributed by atoms with Crippen LogP contribution in [0.3, 0.4) is 0 Å². The van der Waals surface area contributed by atoms with E-state index in [2.05, 4.69) is 24.3 Å². The molecule has 4 N–H and O–H groups in total. The fraction of sp³-hybridized carbons (Fsp3) is 0.143. The molecular formula is C14H16N2. The maximum atomic E-state index is 5.86. The fourth-order valence-corrected chi connectivity index (χ4v) is 1.69. The van der Waals surface area contributed by atoms with Crippen LogP contribution in [0.25, 0.3) is 11.1 Å². The highest BCUT2D eigenvalue weighted by molar-refractivity contribution is 5.63. The summed E-state index contributed by atoms with van der Waals surface area (Å²) in [5.74, 6) is 0. The Morgan fingerprint density at radius 3 is 1.94 bits per heavy atom. The van der Waals surface area contributed by atoms with Gasteiger partial charge in [-0.15, -0.1) is 0 Å². The highest BCUT2D eigenvalue weighted by atomic mass is 14.7. The van der Waals surface area contributed by atoms with Crippen LogP contribution in [0.1, 0.15) is 11.6 Å². The SMILES string of the molecule is NC[C@@H](N)c1ccc(-c2ccccc2)cc1. The monoisotopic (exact) mass is 212 g/mol. The van der Waals surface area contributed by atoms with Crippen molar-refractivity contribution in [3.63, 3.8) is 0 Å². The second-order valence-electron chi connectivity index (χ2n) is 3.83. The summed E-state index contributed by atoms with van der Waals surface area (Å²) in [6, 6.07) is 18.5. The lowest BCUT2D eigenvalue weighted by Gasteiger charge is -2.09. The minimum absolute atomic E-state index is 0.0650. The van der Waals surface area contributed by atoms with Crippen molar-refractivity contribution in [1.29, 1.82) is 0 Å². The summed E-state index contributed by atoms with van der Waals surface area (Å²) >= 11 is 0. The van der Waals surface area contributed by atoms with Crippen molar-refractivity contribution < 1.29 is 0 Å². The van der Waals surface area contributed by atoms with Crippen molar-refractivity contribution in [2.75, 3.05) is 6.54 Å². The van der Waals surface area contributed by atoms with Gasteiger partial charge >= 0.3 is 0 Å². The van der Waals surface area contributed by atoms with Gasteiger partial charge in [0.05, 0.1) is 0 Å². The Labute approximate surface area is 95.9 Å². The molecule has 0 spiro atoms. The van der Waals surface area contributed by atoms with E-state index in [9.17, 15) is 0 Å². The number of benzene rings is 2. The normalized spacial score (nSPS) is 12.4. The molecule has 0 unspecified atom stereocenters. The van der Waals surface area contributed by atoms with Crippen LogP contribution < -0.4 is 11.5 Å². The maximum absolute atomic E-state index is 5.86. The van der Waals surface area contributed by atoms with Crippen LogP contribution >= 0.6 is 0 Å². The van der Waals surface area contributed by atoms with E-state index in [1.807, 2.05) is 30.3 Å². The molecule has 0 amide bonds. The van der Waals surface area contributed by atoms with Crippen molar-refractivity contribution in [2.24, 2.45) is 11.5 Å². The molecule has 82 valence electrons. The van der Waals surface area contributed by atoms with Crippen molar-refractivity contribution in [1.82, 2.24) is 0 Å². The summed E-state index contributed by atoms with van der Waals surface area (Å²) in [5, 5.41) is 0. The summed E-state index contributed by atoms with van der Waals surface area (Å²) in [7, 11) is 0. The molecule has 0 bridgehead atoms. The molecule has 0 aliphatic rings. The van der Waals surface area contributed by atoms with E-state index in [0.29, 0.717) is 6.54 Å². The van der Waals surface area contributed by atoms with Gasteiger partial charge in [0, 0.05) is 12.6 Å². The Morgan fingerprint density at radius 1 is 0.812 bits per heavy atom. The Balaban J connectivity index is 2.26. The van der Waals surface area contributed by atoms with Crippen molar-refractivity contribution in [3.05, 3.63) is 60.2 Å². The highest BCUT2D eigenvalue weighted by Gasteiger charge is 2.03. The summed E-state index contributed by atoms with van der Waals surface area (Å²) in [6.45, 7) is 0.477. The first-order valence-corrected chi connectivity index (χ1v) is 5.42. The van der Waals surface area contributed by atoms with Gasteiger partial charge in [0.15, 0.2) is 0 Å². The van der Waals surface area contributed by atoms with E-state index in [0.717, 1.165) is 5.56 Å². The van der Waals surface area contributed by atoms with Gasteiger partial charge in [0.1, 0.15) is 0 Å². The van der Waals surface area contributed by atoms with E-state index in [1.165, 1.54) is 11.1 Å². The largest absolute Gasteiger partial charge is 0.329 e. The number of hydrogen-bond acceptors (Lipinski definition) is 2. The molecule has 2 aromatic carbocycles. The van der Waals surface area contributed by atoms with Crippen LogP contribution in [0.2, 0.25) is 0 Å². The third kappa shape index (κ3) is 2.30. The summed E-state index contributed by atoms with van der Waals surface area (Å²) in [6.07, 6.45) is 0. The molecule has 0 fully saturated rings. The maximum Gasteiger partial charge on any atom is 0.0419 e. The van der Waals surface area contributed by atoms with E-state index < -0.39 is 0 Å². The molecule has 0 aliphatic heterocycles. The van der Waals surface area contributed by atoms with Crippen LogP contribution in [0.5, 0.6) is 0 Å². The lowest BCUT2D eigenvalue weighted by Crippen LogP contribution is -2.20. The Kier molecular flexibility index (Phi) is 3.34. The molecule has 2 heteroatoms. The lowest BCUT2D eigenvalue weighted by atomic mass is 10.0. The van der Waals surface area contributed by atoms with Gasteiger partial charge in [0.2, 0.25) is 0 Å². The topological polar surface area (TPSA) is 52.0 Å². The van der Waals surface area contributed by atoms with Gasteiger partial charge in [0.25, 0.3) is 0 Å². The summed E-state index contributed by atoms with van der Waals surface area (Å²) < 4.78 is 0. The number of nitrogens with two attached hydrogens (primary N) is 2. The first-order chi connectivity index (χ1) is 7.81. The Hall–Kier alpha value is -1.64. The highest BCUT2D eigenvalue weighted by Crippen LogP contribution is 2.20. The molecule has 2 nitrogen and oxygen atoms in total. The molecule has 2 aromatic rings. The first-order valence-electron chi connectivity index (χ1n) is 5.42. The van der Waals surface area contributed by atoms with E-state index >= 15 is 0 Å². The molecular weight excluding hydrogens is 196 g/mol. The van der Waals surface area contributed by atoms with E-state index in [1.54, 1.807) is 0 Å². The van der Waals surface area contributed by atoms with Gasteiger partial charge < -0.3 is 11.5 Å². The van der Waals surface area contributed by atoms with Gasteiger partial charge in [-0.3, -0.25) is 0 Å². The van der Waals surface area contributed by atoms with Gasteiger partial charge in [-0.25, -0.2) is 0 Å². The smallest absolute Gasteiger partial charge is 0.0419 e. The fourth-order valence-electron chi connectivity index (χ4n) is 1.69. The average molecular weight is 212 g/mol. The standard InChI is InChI=1S/C14H16N2/c15-10-14(16)13-8-6-12(7-9-13)11-4-2-1-3-5-11/h1-9,14H,10,15-16H2/t14-/m1/s1. The molecule has 0 radical (unpaired) electrons. The van der Waals surface area contributed by atoms with Gasteiger partial charge in [-0.2, -0.15) is 0 Å². The van der Waals surface area contributed by atoms with E-state index in [4.69, 9.17) is 11.5 Å². The quantitative estimate of drug-likeness (QED) is 0.820. The second-order valence-corrected chi connectivity index (χ2v) is 3.83. The predicted molar refractivity (Wildman–Crippen MR) is 67.9 cm³/mol. The second kappa shape index (κ2) is 4.92. The molecule has 16 heavy (non-hydrogen) atoms. The predicted octanol–water partition coefficient (Wildman–Crippen LogP) is 2.31. The van der Waals surface area contributed by atoms with Crippen LogP contribution in [0, 0.1) is 0 Å². The minimum Gasteiger partial charge on any atom is -0.329 e. The Morgan fingerprint density at radius 2 is 1.38 bits per heavy atom. The minimum atomic E-state index is -0.0650. The Bertz CT molecular complexity index is 434. The zero-order chi connectivity index (χ0) is 11.4. The number of hydrogen-bond donors (Lipinski definition) is 2. The van der Waals surface area contributed by atoms with Crippen molar-refractivity contribution in [3.8, 4) is 11.1 Å². The van der Waals surface area contributed by atoms with Gasteiger partial charge in [-0.1, -0.05) is 54.6 Å². The molecule has 2 rings (SSSR count). The number of rotatable bonds is 3. The summed E-state index contributed by atoms with van der Waals surface area (Å²) in [4.78, 5) is 0. The van der Waals surface area contributed by atoms with Crippen molar-refractivity contribution in [2.45, 2.75) is 6.04 Å². The zero-order valence-electron chi connectivity index (χ0n) is 9.14.